The number of rotatable bonds is 7. The molecule has 0 aliphatic carbocycles. The van der Waals surface area contributed by atoms with Crippen molar-refractivity contribution in [3.63, 3.8) is 0 Å². The summed E-state index contributed by atoms with van der Waals surface area (Å²) in [6, 6.07) is 18.1. The van der Waals surface area contributed by atoms with Crippen LogP contribution in [0.3, 0.4) is 0 Å². The molecule has 0 saturated heterocycles. The Labute approximate surface area is 180 Å². The Hall–Kier alpha value is -2.13. The van der Waals surface area contributed by atoms with Crippen molar-refractivity contribution in [2.75, 3.05) is 13.7 Å². The average molecular weight is 494 g/mol. The van der Waals surface area contributed by atoms with Crippen molar-refractivity contribution in [1.29, 1.82) is 0 Å². The van der Waals surface area contributed by atoms with Crippen molar-refractivity contribution in [3.8, 4) is 17.0 Å². The van der Waals surface area contributed by atoms with E-state index in [-0.39, 0.29) is 24.0 Å². The monoisotopic (exact) mass is 494 g/mol. The summed E-state index contributed by atoms with van der Waals surface area (Å²) >= 11 is 1.60. The summed E-state index contributed by atoms with van der Waals surface area (Å²) in [5.41, 5.74) is 9.26. The maximum Gasteiger partial charge on any atom is 0.189 e. The molecular weight excluding hydrogens is 471 g/mol. The molecule has 1 heterocycles. The van der Waals surface area contributed by atoms with E-state index in [1.54, 1.807) is 18.4 Å². The van der Waals surface area contributed by atoms with Crippen LogP contribution in [-0.4, -0.2) is 24.6 Å². The number of hydrogen-bond donors (Lipinski definition) is 2. The maximum atomic E-state index is 5.94. The summed E-state index contributed by atoms with van der Waals surface area (Å²) in [7, 11) is 1.67. The lowest BCUT2D eigenvalue weighted by atomic mass is 10.1. The van der Waals surface area contributed by atoms with Crippen molar-refractivity contribution in [1.82, 2.24) is 10.3 Å². The number of aliphatic imine (C=N–C) groups is 1. The fraction of sp³-hybridized carbons (Fsp3) is 0.200. The van der Waals surface area contributed by atoms with Gasteiger partial charge in [-0.15, -0.1) is 35.3 Å². The lowest BCUT2D eigenvalue weighted by molar-refractivity contribution is 0.414. The Balaban J connectivity index is 0.00000261. The molecule has 3 aromatic rings. The smallest absolute Gasteiger partial charge is 0.189 e. The van der Waals surface area contributed by atoms with Crippen LogP contribution >= 0.6 is 35.3 Å². The second-order valence-electron chi connectivity index (χ2n) is 5.72. The van der Waals surface area contributed by atoms with Gasteiger partial charge in [0.15, 0.2) is 5.96 Å². The second-order valence-corrected chi connectivity index (χ2v) is 6.66. The topological polar surface area (TPSA) is 72.5 Å². The van der Waals surface area contributed by atoms with Crippen LogP contribution in [-0.2, 0) is 13.0 Å². The van der Waals surface area contributed by atoms with Gasteiger partial charge in [0, 0.05) is 17.5 Å². The molecule has 0 amide bonds. The van der Waals surface area contributed by atoms with Gasteiger partial charge in [-0.25, -0.2) is 9.98 Å². The molecule has 0 aliphatic rings. The van der Waals surface area contributed by atoms with Crippen molar-refractivity contribution in [3.05, 3.63) is 70.5 Å². The third-order valence-electron chi connectivity index (χ3n) is 3.88. The zero-order chi connectivity index (χ0) is 18.2. The number of benzene rings is 2. The van der Waals surface area contributed by atoms with Gasteiger partial charge in [0.05, 0.1) is 19.3 Å². The quantitative estimate of drug-likeness (QED) is 0.295. The molecule has 142 valence electrons. The number of methoxy groups -OCH3 is 1. The lowest BCUT2D eigenvalue weighted by Gasteiger charge is -2.06. The molecule has 0 atom stereocenters. The zero-order valence-corrected chi connectivity index (χ0v) is 18.2. The van der Waals surface area contributed by atoms with Crippen LogP contribution in [0.1, 0.15) is 10.6 Å². The highest BCUT2D eigenvalue weighted by Crippen LogP contribution is 2.21. The summed E-state index contributed by atoms with van der Waals surface area (Å²) in [5.74, 6) is 1.30. The first-order valence-corrected chi connectivity index (χ1v) is 9.29. The molecule has 1 aromatic heterocycles. The predicted molar refractivity (Wildman–Crippen MR) is 123 cm³/mol. The SMILES string of the molecule is COc1ccc(CCNC(N)=NCc2nc(-c3ccccc3)cs2)cc1.I. The number of aromatic nitrogens is 1. The Morgan fingerprint density at radius 3 is 2.59 bits per heavy atom. The summed E-state index contributed by atoms with van der Waals surface area (Å²) in [6.45, 7) is 1.22. The number of nitrogens with one attached hydrogen (secondary N) is 1. The number of halogens is 1. The highest BCUT2D eigenvalue weighted by molar-refractivity contribution is 14.0. The van der Waals surface area contributed by atoms with E-state index in [9.17, 15) is 0 Å². The summed E-state index contributed by atoms with van der Waals surface area (Å²) in [6.07, 6.45) is 0.871. The predicted octanol–water partition coefficient (Wildman–Crippen LogP) is 4.08. The van der Waals surface area contributed by atoms with E-state index in [1.807, 2.05) is 35.7 Å². The van der Waals surface area contributed by atoms with Gasteiger partial charge in [-0.05, 0) is 24.1 Å². The highest BCUT2D eigenvalue weighted by atomic mass is 127. The zero-order valence-electron chi connectivity index (χ0n) is 15.1. The van der Waals surface area contributed by atoms with E-state index in [2.05, 4.69) is 39.6 Å². The largest absolute Gasteiger partial charge is 0.497 e. The number of nitrogens with zero attached hydrogens (tertiary/aromatic N) is 2. The van der Waals surface area contributed by atoms with E-state index >= 15 is 0 Å². The van der Waals surface area contributed by atoms with Gasteiger partial charge in [0.2, 0.25) is 0 Å². The molecule has 0 unspecified atom stereocenters. The van der Waals surface area contributed by atoms with Crippen molar-refractivity contribution in [2.24, 2.45) is 10.7 Å². The molecule has 0 spiro atoms. The molecule has 0 fully saturated rings. The second kappa shape index (κ2) is 10.9. The van der Waals surface area contributed by atoms with E-state index in [0.29, 0.717) is 12.5 Å². The van der Waals surface area contributed by atoms with Gasteiger partial charge >= 0.3 is 0 Å². The molecule has 0 bridgehead atoms. The number of hydrogen-bond acceptors (Lipinski definition) is 4. The van der Waals surface area contributed by atoms with Crippen LogP contribution in [0.15, 0.2) is 65.0 Å². The minimum atomic E-state index is 0. The van der Waals surface area contributed by atoms with Crippen LogP contribution in [0.2, 0.25) is 0 Å². The molecule has 0 radical (unpaired) electrons. The standard InChI is InChI=1S/C20H22N4OS.HI/c1-25-17-9-7-15(8-10-17)11-12-22-20(21)23-13-19-24-18(14-26-19)16-5-3-2-4-6-16;/h2-10,14H,11-13H2,1H3,(H3,21,22,23);1H. The number of ether oxygens (including phenoxy) is 1. The first kappa shape index (κ1) is 21.2. The maximum absolute atomic E-state index is 5.94. The Morgan fingerprint density at radius 2 is 1.89 bits per heavy atom. The molecule has 2 aromatic carbocycles. The third kappa shape index (κ3) is 6.51. The minimum Gasteiger partial charge on any atom is -0.497 e. The average Bonchev–Trinajstić information content (AvgIpc) is 3.17. The van der Waals surface area contributed by atoms with Crippen molar-refractivity contribution in [2.45, 2.75) is 13.0 Å². The van der Waals surface area contributed by atoms with Gasteiger partial charge < -0.3 is 15.8 Å². The number of nitrogens with two attached hydrogens (primary N) is 1. The molecule has 0 aliphatic heterocycles. The fourth-order valence-corrected chi connectivity index (χ4v) is 3.19. The first-order valence-electron chi connectivity index (χ1n) is 8.41. The third-order valence-corrected chi connectivity index (χ3v) is 4.72. The highest BCUT2D eigenvalue weighted by Gasteiger charge is 2.04. The van der Waals surface area contributed by atoms with Crippen molar-refractivity contribution < 1.29 is 4.74 Å². The minimum absolute atomic E-state index is 0. The number of thiazole rings is 1. The molecule has 3 rings (SSSR count). The fourth-order valence-electron chi connectivity index (χ4n) is 2.46. The first-order chi connectivity index (χ1) is 12.7. The van der Waals surface area contributed by atoms with Crippen LogP contribution in [0.4, 0.5) is 0 Å². The number of guanidine groups is 1. The Morgan fingerprint density at radius 1 is 1.15 bits per heavy atom. The van der Waals surface area contributed by atoms with Crippen molar-refractivity contribution >= 4 is 41.3 Å². The van der Waals surface area contributed by atoms with E-state index in [0.717, 1.165) is 35.0 Å². The van der Waals surface area contributed by atoms with Gasteiger partial charge in [-0.3, -0.25) is 0 Å². The van der Waals surface area contributed by atoms with Crippen LogP contribution in [0.5, 0.6) is 5.75 Å². The van der Waals surface area contributed by atoms with E-state index in [1.165, 1.54) is 5.56 Å². The molecular formula is C20H23IN4OS. The van der Waals surface area contributed by atoms with Gasteiger partial charge in [0.1, 0.15) is 10.8 Å². The molecule has 7 heteroatoms. The van der Waals surface area contributed by atoms with Crippen LogP contribution in [0.25, 0.3) is 11.3 Å². The van der Waals surface area contributed by atoms with Crippen LogP contribution < -0.4 is 15.8 Å². The van der Waals surface area contributed by atoms with E-state index < -0.39 is 0 Å². The molecule has 27 heavy (non-hydrogen) atoms. The van der Waals surface area contributed by atoms with Gasteiger partial charge in [0.25, 0.3) is 0 Å². The Kier molecular flexibility index (Phi) is 8.53. The molecule has 5 nitrogen and oxygen atoms in total. The van der Waals surface area contributed by atoms with Gasteiger partial charge in [-0.2, -0.15) is 0 Å². The lowest BCUT2D eigenvalue weighted by Crippen LogP contribution is -2.33. The summed E-state index contributed by atoms with van der Waals surface area (Å²) < 4.78 is 5.16. The Bertz CT molecular complexity index is 850. The van der Waals surface area contributed by atoms with Gasteiger partial charge in [-0.1, -0.05) is 42.5 Å². The molecule has 0 saturated carbocycles. The molecule has 3 N–H and O–H groups in total. The summed E-state index contributed by atoms with van der Waals surface area (Å²) in [5, 5.41) is 6.14. The normalized spacial score (nSPS) is 10.9. The van der Waals surface area contributed by atoms with Crippen LogP contribution in [0, 0.1) is 0 Å². The summed E-state index contributed by atoms with van der Waals surface area (Å²) in [4.78, 5) is 8.98. The van der Waals surface area contributed by atoms with E-state index in [4.69, 9.17) is 10.5 Å².